The van der Waals surface area contributed by atoms with Crippen molar-refractivity contribution in [3.63, 3.8) is 0 Å². The minimum atomic E-state index is -0.0459. The van der Waals surface area contributed by atoms with Crippen LogP contribution in [-0.2, 0) is 11.2 Å². The maximum absolute atomic E-state index is 11.5. The summed E-state index contributed by atoms with van der Waals surface area (Å²) < 4.78 is 0. The van der Waals surface area contributed by atoms with Gasteiger partial charge in [-0.25, -0.2) is 9.97 Å². The van der Waals surface area contributed by atoms with E-state index in [-0.39, 0.29) is 12.5 Å². The molecular formula is C13H23N5O. The summed E-state index contributed by atoms with van der Waals surface area (Å²) in [5.41, 5.74) is 6.63. The van der Waals surface area contributed by atoms with Crippen molar-refractivity contribution < 1.29 is 4.79 Å². The first-order valence-corrected chi connectivity index (χ1v) is 6.72. The fourth-order valence-electron chi connectivity index (χ4n) is 1.58. The lowest BCUT2D eigenvalue weighted by Gasteiger charge is -2.11. The summed E-state index contributed by atoms with van der Waals surface area (Å²) in [5.74, 6) is 1.77. The van der Waals surface area contributed by atoms with Gasteiger partial charge in [0.25, 0.3) is 0 Å². The molecule has 1 rings (SSSR count). The number of hydrogen-bond donors (Lipinski definition) is 3. The first kappa shape index (κ1) is 15.2. The second kappa shape index (κ2) is 7.56. The van der Waals surface area contributed by atoms with Crippen molar-refractivity contribution in [2.75, 3.05) is 24.1 Å². The van der Waals surface area contributed by atoms with Crippen LogP contribution >= 0.6 is 0 Å². The highest BCUT2D eigenvalue weighted by atomic mass is 16.1. The molecule has 4 N–H and O–H groups in total. The molecule has 1 aromatic rings. The molecule has 1 aromatic heterocycles. The lowest BCUT2D eigenvalue weighted by atomic mass is 10.2. The maximum atomic E-state index is 11.5. The van der Waals surface area contributed by atoms with Gasteiger partial charge < -0.3 is 16.4 Å². The smallest absolute Gasteiger partial charge is 0.239 e. The first-order chi connectivity index (χ1) is 9.08. The number of nitrogens with two attached hydrogens (primary N) is 1. The van der Waals surface area contributed by atoms with E-state index in [4.69, 9.17) is 5.73 Å². The second-order valence-electron chi connectivity index (χ2n) is 4.45. The van der Waals surface area contributed by atoms with Gasteiger partial charge in [-0.05, 0) is 19.8 Å². The Kier molecular flexibility index (Phi) is 6.05. The molecule has 1 heterocycles. The van der Waals surface area contributed by atoms with E-state index in [0.717, 1.165) is 24.8 Å². The van der Waals surface area contributed by atoms with Crippen LogP contribution in [0.1, 0.15) is 38.1 Å². The molecule has 6 nitrogen and oxygen atoms in total. The molecule has 0 spiro atoms. The zero-order chi connectivity index (χ0) is 14.3. The summed E-state index contributed by atoms with van der Waals surface area (Å²) in [6.07, 6.45) is 2.66. The van der Waals surface area contributed by atoms with E-state index in [1.165, 1.54) is 0 Å². The van der Waals surface area contributed by atoms with Crippen LogP contribution in [0.15, 0.2) is 0 Å². The van der Waals surface area contributed by atoms with Gasteiger partial charge in [-0.1, -0.05) is 13.8 Å². The highest BCUT2D eigenvalue weighted by Gasteiger charge is 2.09. The Bertz CT molecular complexity index is 433. The summed E-state index contributed by atoms with van der Waals surface area (Å²) in [4.78, 5) is 20.2. The highest BCUT2D eigenvalue weighted by Crippen LogP contribution is 2.17. The quantitative estimate of drug-likeness (QED) is 0.690. The maximum Gasteiger partial charge on any atom is 0.239 e. The number of amides is 1. The molecule has 0 saturated heterocycles. The van der Waals surface area contributed by atoms with Crippen LogP contribution in [-0.4, -0.2) is 29.0 Å². The number of hydrogen-bond acceptors (Lipinski definition) is 5. The Balaban J connectivity index is 2.68. The number of rotatable bonds is 7. The molecule has 0 aromatic carbocycles. The molecule has 0 unspecified atom stereocenters. The average molecular weight is 265 g/mol. The first-order valence-electron chi connectivity index (χ1n) is 6.72. The summed E-state index contributed by atoms with van der Waals surface area (Å²) in [7, 11) is 0. The molecule has 0 aliphatic heterocycles. The zero-order valence-corrected chi connectivity index (χ0v) is 11.9. The standard InChI is InChI=1S/C13H23N5O/c1-4-6-10-17-12(14)9(3)13(18-10)16-8-11(19)15-7-5-2/h4-8H2,1-3H3,(H,15,19)(H3,14,16,17,18). The minimum absolute atomic E-state index is 0.0459. The highest BCUT2D eigenvalue weighted by molar-refractivity contribution is 5.80. The summed E-state index contributed by atoms with van der Waals surface area (Å²) in [5, 5.41) is 5.82. The molecular weight excluding hydrogens is 242 g/mol. The van der Waals surface area contributed by atoms with Gasteiger partial charge in [0.2, 0.25) is 5.91 Å². The molecule has 106 valence electrons. The van der Waals surface area contributed by atoms with Gasteiger partial charge in [0.1, 0.15) is 17.5 Å². The van der Waals surface area contributed by atoms with Crippen LogP contribution < -0.4 is 16.4 Å². The Morgan fingerprint density at radius 1 is 1.26 bits per heavy atom. The Hall–Kier alpha value is -1.85. The minimum Gasteiger partial charge on any atom is -0.383 e. The van der Waals surface area contributed by atoms with E-state index >= 15 is 0 Å². The van der Waals surface area contributed by atoms with E-state index in [2.05, 4.69) is 27.5 Å². The lowest BCUT2D eigenvalue weighted by molar-refractivity contribution is -0.119. The lowest BCUT2D eigenvalue weighted by Crippen LogP contribution is -2.30. The Labute approximate surface area is 114 Å². The summed E-state index contributed by atoms with van der Waals surface area (Å²) in [6.45, 7) is 6.80. The van der Waals surface area contributed by atoms with Gasteiger partial charge >= 0.3 is 0 Å². The predicted octanol–water partition coefficient (Wildman–Crippen LogP) is 1.26. The Morgan fingerprint density at radius 2 is 2.00 bits per heavy atom. The number of carbonyl (C=O) groups excluding carboxylic acids is 1. The molecule has 0 bridgehead atoms. The van der Waals surface area contributed by atoms with Crippen LogP contribution in [0.4, 0.5) is 11.6 Å². The Morgan fingerprint density at radius 3 is 2.63 bits per heavy atom. The number of nitrogens with zero attached hydrogens (tertiary/aromatic N) is 2. The second-order valence-corrected chi connectivity index (χ2v) is 4.45. The number of carbonyl (C=O) groups is 1. The molecule has 0 fully saturated rings. The van der Waals surface area contributed by atoms with Gasteiger partial charge in [-0.3, -0.25) is 4.79 Å². The largest absolute Gasteiger partial charge is 0.383 e. The van der Waals surface area contributed by atoms with Crippen molar-refractivity contribution in [3.8, 4) is 0 Å². The third-order valence-electron chi connectivity index (χ3n) is 2.69. The molecule has 0 saturated carbocycles. The summed E-state index contributed by atoms with van der Waals surface area (Å²) in [6, 6.07) is 0. The third kappa shape index (κ3) is 4.73. The van der Waals surface area contributed by atoms with E-state index in [1.54, 1.807) is 0 Å². The molecule has 19 heavy (non-hydrogen) atoms. The van der Waals surface area contributed by atoms with Crippen molar-refractivity contribution in [2.45, 2.75) is 40.0 Å². The van der Waals surface area contributed by atoms with E-state index in [1.807, 2.05) is 13.8 Å². The van der Waals surface area contributed by atoms with Crippen LogP contribution in [0.25, 0.3) is 0 Å². The molecule has 0 aliphatic carbocycles. The summed E-state index contributed by atoms with van der Waals surface area (Å²) >= 11 is 0. The molecule has 0 atom stereocenters. The van der Waals surface area contributed by atoms with Gasteiger partial charge in [0.15, 0.2) is 0 Å². The third-order valence-corrected chi connectivity index (χ3v) is 2.69. The molecule has 6 heteroatoms. The monoisotopic (exact) mass is 265 g/mol. The molecule has 0 radical (unpaired) electrons. The molecule has 0 aliphatic rings. The van der Waals surface area contributed by atoms with Gasteiger partial charge in [-0.15, -0.1) is 0 Å². The number of aryl methyl sites for hydroxylation is 1. The number of anilines is 2. The average Bonchev–Trinajstić information content (AvgIpc) is 2.39. The van der Waals surface area contributed by atoms with Crippen molar-refractivity contribution in [2.24, 2.45) is 0 Å². The van der Waals surface area contributed by atoms with Crippen LogP contribution in [0, 0.1) is 6.92 Å². The van der Waals surface area contributed by atoms with Crippen LogP contribution in [0.3, 0.4) is 0 Å². The van der Waals surface area contributed by atoms with Gasteiger partial charge in [0, 0.05) is 18.5 Å². The number of nitrogen functional groups attached to an aromatic ring is 1. The van der Waals surface area contributed by atoms with Crippen molar-refractivity contribution in [1.82, 2.24) is 15.3 Å². The number of nitrogens with one attached hydrogen (secondary N) is 2. The molecule has 1 amide bonds. The topological polar surface area (TPSA) is 92.9 Å². The SMILES string of the molecule is CCCNC(=O)CNc1nc(CCC)nc(N)c1C. The number of aromatic nitrogens is 2. The van der Waals surface area contributed by atoms with Gasteiger partial charge in [-0.2, -0.15) is 0 Å². The van der Waals surface area contributed by atoms with Crippen molar-refractivity contribution in [3.05, 3.63) is 11.4 Å². The van der Waals surface area contributed by atoms with E-state index < -0.39 is 0 Å². The van der Waals surface area contributed by atoms with E-state index in [0.29, 0.717) is 24.0 Å². The fraction of sp³-hybridized carbons (Fsp3) is 0.615. The predicted molar refractivity (Wildman–Crippen MR) is 77.0 cm³/mol. The zero-order valence-electron chi connectivity index (χ0n) is 11.9. The van der Waals surface area contributed by atoms with Crippen LogP contribution in [0.5, 0.6) is 0 Å². The van der Waals surface area contributed by atoms with Crippen molar-refractivity contribution in [1.29, 1.82) is 0 Å². The van der Waals surface area contributed by atoms with E-state index in [9.17, 15) is 4.79 Å². The van der Waals surface area contributed by atoms with Gasteiger partial charge in [0.05, 0.1) is 6.54 Å². The van der Waals surface area contributed by atoms with Crippen molar-refractivity contribution >= 4 is 17.5 Å². The van der Waals surface area contributed by atoms with Crippen LogP contribution in [0.2, 0.25) is 0 Å². The fourth-order valence-corrected chi connectivity index (χ4v) is 1.58. The normalized spacial score (nSPS) is 10.3.